The predicted molar refractivity (Wildman–Crippen MR) is 88.4 cm³/mol. The van der Waals surface area contributed by atoms with Crippen LogP contribution in [0.1, 0.15) is 17.3 Å². The van der Waals surface area contributed by atoms with Gasteiger partial charge in [-0.25, -0.2) is 9.97 Å². The number of aryl methyl sites for hydroxylation is 1. The minimum Gasteiger partial charge on any atom is -0.323 e. The first-order valence-electron chi connectivity index (χ1n) is 6.90. The fourth-order valence-electron chi connectivity index (χ4n) is 2.32. The maximum absolute atomic E-state index is 6.37. The first kappa shape index (κ1) is 14.0. The third-order valence-corrected chi connectivity index (χ3v) is 4.37. The zero-order valence-corrected chi connectivity index (χ0v) is 12.7. The van der Waals surface area contributed by atoms with Crippen molar-refractivity contribution in [3.8, 4) is 0 Å². The molecule has 0 aliphatic heterocycles. The van der Waals surface area contributed by atoms with E-state index < -0.39 is 0 Å². The van der Waals surface area contributed by atoms with Crippen molar-refractivity contribution in [3.05, 3.63) is 66.0 Å². The van der Waals surface area contributed by atoms with Crippen molar-refractivity contribution in [1.82, 2.24) is 9.97 Å². The zero-order chi connectivity index (χ0) is 14.7. The summed E-state index contributed by atoms with van der Waals surface area (Å²) in [6.45, 7) is 1.97. The molecule has 0 radical (unpaired) electrons. The largest absolute Gasteiger partial charge is 0.323 e. The Balaban J connectivity index is 1.79. The van der Waals surface area contributed by atoms with Gasteiger partial charge in [-0.2, -0.15) is 0 Å². The molecule has 0 aliphatic rings. The van der Waals surface area contributed by atoms with E-state index >= 15 is 0 Å². The highest BCUT2D eigenvalue weighted by molar-refractivity contribution is 7.99. The number of thioether (sulfide) groups is 1. The lowest BCUT2D eigenvalue weighted by Gasteiger charge is -2.14. The molecular weight excluding hydrogens is 278 g/mol. The van der Waals surface area contributed by atoms with Gasteiger partial charge in [-0.05, 0) is 29.3 Å². The molecule has 1 atom stereocenters. The van der Waals surface area contributed by atoms with E-state index in [1.807, 2.05) is 19.1 Å². The number of rotatable bonds is 4. The summed E-state index contributed by atoms with van der Waals surface area (Å²) in [5, 5.41) is 3.23. The van der Waals surface area contributed by atoms with Gasteiger partial charge in [0.05, 0.1) is 0 Å². The van der Waals surface area contributed by atoms with Crippen LogP contribution in [0.3, 0.4) is 0 Å². The average molecular weight is 295 g/mol. The SMILES string of the molecule is Cc1ccnc(SCC(N)c2cccc3ccccc23)n1. The lowest BCUT2D eigenvalue weighted by Crippen LogP contribution is -2.13. The minimum absolute atomic E-state index is 0.0368. The van der Waals surface area contributed by atoms with Crippen molar-refractivity contribution in [1.29, 1.82) is 0 Å². The maximum Gasteiger partial charge on any atom is 0.187 e. The van der Waals surface area contributed by atoms with Crippen LogP contribution in [0.4, 0.5) is 0 Å². The molecule has 1 heterocycles. The van der Waals surface area contributed by atoms with Crippen LogP contribution in [0.25, 0.3) is 10.8 Å². The zero-order valence-electron chi connectivity index (χ0n) is 11.9. The number of aromatic nitrogens is 2. The molecule has 0 bridgehead atoms. The van der Waals surface area contributed by atoms with Gasteiger partial charge in [0, 0.05) is 23.7 Å². The number of benzene rings is 2. The van der Waals surface area contributed by atoms with Crippen molar-refractivity contribution in [2.45, 2.75) is 18.1 Å². The summed E-state index contributed by atoms with van der Waals surface area (Å²) in [5.74, 6) is 0.761. The fourth-order valence-corrected chi connectivity index (χ4v) is 3.18. The predicted octanol–water partition coefficient (Wildman–Crippen LogP) is 3.73. The van der Waals surface area contributed by atoms with Crippen molar-refractivity contribution >= 4 is 22.5 Å². The minimum atomic E-state index is -0.0368. The van der Waals surface area contributed by atoms with E-state index in [0.717, 1.165) is 16.6 Å². The van der Waals surface area contributed by atoms with E-state index in [9.17, 15) is 0 Å². The summed E-state index contributed by atoms with van der Waals surface area (Å²) >= 11 is 1.60. The Kier molecular flexibility index (Phi) is 4.18. The Morgan fingerprint density at radius 2 is 1.90 bits per heavy atom. The molecule has 106 valence electrons. The smallest absolute Gasteiger partial charge is 0.187 e. The molecule has 1 aromatic heterocycles. The van der Waals surface area contributed by atoms with E-state index in [1.165, 1.54) is 16.3 Å². The molecular formula is C17H17N3S. The molecule has 2 N–H and O–H groups in total. The van der Waals surface area contributed by atoms with Crippen LogP contribution in [0, 0.1) is 6.92 Å². The van der Waals surface area contributed by atoms with Crippen molar-refractivity contribution in [3.63, 3.8) is 0 Å². The van der Waals surface area contributed by atoms with Crippen molar-refractivity contribution in [2.75, 3.05) is 5.75 Å². The molecule has 2 aromatic carbocycles. The van der Waals surface area contributed by atoms with Gasteiger partial charge in [0.15, 0.2) is 5.16 Å². The monoisotopic (exact) mass is 295 g/mol. The maximum atomic E-state index is 6.37. The second-order valence-corrected chi connectivity index (χ2v) is 5.95. The normalized spacial score (nSPS) is 12.5. The van der Waals surface area contributed by atoms with Crippen molar-refractivity contribution < 1.29 is 0 Å². The molecule has 0 fully saturated rings. The number of hydrogen-bond acceptors (Lipinski definition) is 4. The van der Waals surface area contributed by atoms with Crippen LogP contribution >= 0.6 is 11.8 Å². The first-order chi connectivity index (χ1) is 10.2. The number of nitrogens with zero attached hydrogens (tertiary/aromatic N) is 2. The summed E-state index contributed by atoms with van der Waals surface area (Å²) in [5.41, 5.74) is 8.52. The molecule has 21 heavy (non-hydrogen) atoms. The van der Waals surface area contributed by atoms with Crippen LogP contribution in [-0.4, -0.2) is 15.7 Å². The Bertz CT molecular complexity index is 752. The molecule has 4 heteroatoms. The third kappa shape index (κ3) is 3.23. The van der Waals surface area contributed by atoms with Gasteiger partial charge in [-0.3, -0.25) is 0 Å². The second-order valence-electron chi connectivity index (χ2n) is 4.97. The van der Waals surface area contributed by atoms with Gasteiger partial charge in [0.25, 0.3) is 0 Å². The first-order valence-corrected chi connectivity index (χ1v) is 7.88. The quantitative estimate of drug-likeness (QED) is 0.588. The van der Waals surface area contributed by atoms with E-state index in [4.69, 9.17) is 5.73 Å². The van der Waals surface area contributed by atoms with Gasteiger partial charge in [0.1, 0.15) is 0 Å². The molecule has 3 aromatic rings. The highest BCUT2D eigenvalue weighted by Crippen LogP contribution is 2.26. The lowest BCUT2D eigenvalue weighted by molar-refractivity contribution is 0.833. The molecule has 3 nitrogen and oxygen atoms in total. The summed E-state index contributed by atoms with van der Waals surface area (Å²) in [6.07, 6.45) is 1.79. The van der Waals surface area contributed by atoms with E-state index in [0.29, 0.717) is 0 Å². The molecule has 0 saturated carbocycles. The highest BCUT2D eigenvalue weighted by atomic mass is 32.2. The standard InChI is InChI=1S/C17H17N3S/c1-12-9-10-19-17(20-12)21-11-16(18)15-8-4-6-13-5-2-3-7-14(13)15/h2-10,16H,11,18H2,1H3. The van der Waals surface area contributed by atoms with Gasteiger partial charge in [-0.15, -0.1) is 0 Å². The summed E-state index contributed by atoms with van der Waals surface area (Å²) in [6, 6.07) is 16.5. The number of nitrogens with two attached hydrogens (primary N) is 1. The summed E-state index contributed by atoms with van der Waals surface area (Å²) in [7, 11) is 0. The van der Waals surface area contributed by atoms with Crippen LogP contribution in [-0.2, 0) is 0 Å². The van der Waals surface area contributed by atoms with Crippen LogP contribution in [0.2, 0.25) is 0 Å². The molecule has 0 saturated heterocycles. The van der Waals surface area contributed by atoms with Crippen molar-refractivity contribution in [2.24, 2.45) is 5.73 Å². The van der Waals surface area contributed by atoms with Gasteiger partial charge in [0.2, 0.25) is 0 Å². The number of fused-ring (bicyclic) bond motifs is 1. The Morgan fingerprint density at radius 1 is 1.10 bits per heavy atom. The fraction of sp³-hybridized carbons (Fsp3) is 0.176. The van der Waals surface area contributed by atoms with Crippen LogP contribution in [0.5, 0.6) is 0 Å². The topological polar surface area (TPSA) is 51.8 Å². The lowest BCUT2D eigenvalue weighted by atomic mass is 10.0. The Hall–Kier alpha value is -1.91. The van der Waals surface area contributed by atoms with Gasteiger partial charge in [-0.1, -0.05) is 54.2 Å². The molecule has 0 aliphatic carbocycles. The second kappa shape index (κ2) is 6.24. The molecule has 0 spiro atoms. The summed E-state index contributed by atoms with van der Waals surface area (Å²) in [4.78, 5) is 8.66. The average Bonchev–Trinajstić information content (AvgIpc) is 2.52. The summed E-state index contributed by atoms with van der Waals surface area (Å²) < 4.78 is 0. The molecule has 0 amide bonds. The van der Waals surface area contributed by atoms with E-state index in [1.54, 1.807) is 18.0 Å². The Labute approximate surface area is 128 Å². The van der Waals surface area contributed by atoms with Gasteiger partial charge >= 0.3 is 0 Å². The van der Waals surface area contributed by atoms with Crippen LogP contribution < -0.4 is 5.73 Å². The van der Waals surface area contributed by atoms with Gasteiger partial charge < -0.3 is 5.73 Å². The molecule has 1 unspecified atom stereocenters. The molecule has 3 rings (SSSR count). The number of hydrogen-bond donors (Lipinski definition) is 1. The van der Waals surface area contributed by atoms with E-state index in [-0.39, 0.29) is 6.04 Å². The third-order valence-electron chi connectivity index (χ3n) is 3.39. The van der Waals surface area contributed by atoms with E-state index in [2.05, 4.69) is 46.4 Å². The van der Waals surface area contributed by atoms with Crippen LogP contribution in [0.15, 0.2) is 59.9 Å². The highest BCUT2D eigenvalue weighted by Gasteiger charge is 2.11. The Morgan fingerprint density at radius 3 is 2.76 bits per heavy atom.